The van der Waals surface area contributed by atoms with Gasteiger partial charge >= 0.3 is 12.0 Å². The summed E-state index contributed by atoms with van der Waals surface area (Å²) >= 11 is 0. The molecule has 0 spiro atoms. The minimum absolute atomic E-state index is 0.200. The number of nitrogens with zero attached hydrogens (tertiary/aromatic N) is 2. The first-order valence-corrected chi connectivity index (χ1v) is 8.81. The summed E-state index contributed by atoms with van der Waals surface area (Å²) in [5.74, 6) is -0.433. The maximum absolute atomic E-state index is 12.6. The summed E-state index contributed by atoms with van der Waals surface area (Å²) in [5, 5.41) is 2.84. The molecule has 0 saturated carbocycles. The Labute approximate surface area is 153 Å². The number of anilines is 2. The third-order valence-corrected chi connectivity index (χ3v) is 4.35. The van der Waals surface area contributed by atoms with Crippen molar-refractivity contribution in [2.45, 2.75) is 6.92 Å². The van der Waals surface area contributed by atoms with E-state index in [0.717, 1.165) is 13.1 Å². The Kier molecular flexibility index (Phi) is 5.73. The van der Waals surface area contributed by atoms with E-state index in [9.17, 15) is 9.59 Å². The zero-order valence-corrected chi connectivity index (χ0v) is 14.9. The average Bonchev–Trinajstić information content (AvgIpc) is 2.69. The molecule has 1 N–H and O–H groups in total. The fourth-order valence-corrected chi connectivity index (χ4v) is 2.98. The molecule has 2 aromatic carbocycles. The van der Waals surface area contributed by atoms with E-state index in [2.05, 4.69) is 22.3 Å². The zero-order valence-electron chi connectivity index (χ0n) is 14.9. The summed E-state index contributed by atoms with van der Waals surface area (Å²) in [5.41, 5.74) is 2.01. The van der Waals surface area contributed by atoms with Gasteiger partial charge in [-0.1, -0.05) is 30.3 Å². The van der Waals surface area contributed by atoms with Gasteiger partial charge in [0.05, 0.1) is 17.9 Å². The fourth-order valence-electron chi connectivity index (χ4n) is 2.98. The molecule has 26 heavy (non-hydrogen) atoms. The number of hydrogen-bond acceptors (Lipinski definition) is 4. The van der Waals surface area contributed by atoms with Crippen LogP contribution in [-0.2, 0) is 4.74 Å². The molecule has 0 atom stereocenters. The maximum Gasteiger partial charge on any atom is 0.340 e. The lowest BCUT2D eigenvalue weighted by molar-refractivity contribution is 0.0527. The van der Waals surface area contributed by atoms with Gasteiger partial charge < -0.3 is 19.9 Å². The van der Waals surface area contributed by atoms with Crippen molar-refractivity contribution in [1.82, 2.24) is 4.90 Å². The Bertz CT molecular complexity index is 756. The summed E-state index contributed by atoms with van der Waals surface area (Å²) in [4.78, 5) is 28.6. The van der Waals surface area contributed by atoms with Crippen molar-refractivity contribution in [1.29, 1.82) is 0 Å². The van der Waals surface area contributed by atoms with Gasteiger partial charge in [0.25, 0.3) is 0 Å². The fraction of sp³-hybridized carbons (Fsp3) is 0.300. The van der Waals surface area contributed by atoms with Gasteiger partial charge in [-0.2, -0.15) is 0 Å². The first kappa shape index (κ1) is 17.8. The maximum atomic E-state index is 12.6. The van der Waals surface area contributed by atoms with E-state index in [4.69, 9.17) is 4.74 Å². The smallest absolute Gasteiger partial charge is 0.340 e. The topological polar surface area (TPSA) is 61.9 Å². The molecule has 136 valence electrons. The molecule has 2 amide bonds. The molecule has 1 heterocycles. The SMILES string of the molecule is CCOC(=O)c1ccccc1NC(=O)N1CCN(c2ccccc2)CC1. The van der Waals surface area contributed by atoms with Crippen LogP contribution in [0.25, 0.3) is 0 Å². The largest absolute Gasteiger partial charge is 0.462 e. The van der Waals surface area contributed by atoms with Crippen LogP contribution in [0, 0.1) is 0 Å². The standard InChI is InChI=1S/C20H23N3O3/c1-2-26-19(24)17-10-6-7-11-18(17)21-20(25)23-14-12-22(13-15-23)16-8-4-3-5-9-16/h3-11H,2,12-15H2,1H3,(H,21,25). The molecule has 0 aliphatic carbocycles. The van der Waals surface area contributed by atoms with Crippen molar-refractivity contribution < 1.29 is 14.3 Å². The molecule has 3 rings (SSSR count). The van der Waals surface area contributed by atoms with E-state index in [0.29, 0.717) is 30.9 Å². The Morgan fingerprint density at radius 3 is 2.31 bits per heavy atom. The van der Waals surface area contributed by atoms with Crippen molar-refractivity contribution >= 4 is 23.4 Å². The van der Waals surface area contributed by atoms with Crippen LogP contribution < -0.4 is 10.2 Å². The second kappa shape index (κ2) is 8.38. The van der Waals surface area contributed by atoms with Gasteiger partial charge in [0.1, 0.15) is 0 Å². The zero-order chi connectivity index (χ0) is 18.4. The minimum atomic E-state index is -0.433. The van der Waals surface area contributed by atoms with E-state index in [-0.39, 0.29) is 6.03 Å². The van der Waals surface area contributed by atoms with Crippen molar-refractivity contribution in [3.8, 4) is 0 Å². The molecule has 1 aliphatic rings. The van der Waals surface area contributed by atoms with Crippen LogP contribution in [0.3, 0.4) is 0 Å². The van der Waals surface area contributed by atoms with E-state index < -0.39 is 5.97 Å². The number of piperazine rings is 1. The number of urea groups is 1. The molecule has 6 heteroatoms. The van der Waals surface area contributed by atoms with Crippen LogP contribution in [0.1, 0.15) is 17.3 Å². The highest BCUT2D eigenvalue weighted by molar-refractivity contribution is 6.00. The number of nitrogens with one attached hydrogen (secondary N) is 1. The highest BCUT2D eigenvalue weighted by Gasteiger charge is 2.22. The molecule has 0 unspecified atom stereocenters. The molecule has 1 aliphatic heterocycles. The van der Waals surface area contributed by atoms with Gasteiger partial charge in [0, 0.05) is 31.9 Å². The predicted octanol–water partition coefficient (Wildman–Crippen LogP) is 3.22. The molecular formula is C20H23N3O3. The number of esters is 1. The van der Waals surface area contributed by atoms with Gasteiger partial charge in [0.15, 0.2) is 0 Å². The van der Waals surface area contributed by atoms with Crippen molar-refractivity contribution in [2.75, 3.05) is 43.0 Å². The number of amides is 2. The van der Waals surface area contributed by atoms with Crippen LogP contribution in [0.5, 0.6) is 0 Å². The number of carbonyl (C=O) groups is 2. The highest BCUT2D eigenvalue weighted by Crippen LogP contribution is 2.19. The normalized spacial score (nSPS) is 14.0. The lowest BCUT2D eigenvalue weighted by Gasteiger charge is -2.36. The minimum Gasteiger partial charge on any atom is -0.462 e. The molecular weight excluding hydrogens is 330 g/mol. The monoisotopic (exact) mass is 353 g/mol. The van der Waals surface area contributed by atoms with Gasteiger partial charge in [-0.15, -0.1) is 0 Å². The van der Waals surface area contributed by atoms with Crippen molar-refractivity contribution in [3.63, 3.8) is 0 Å². The average molecular weight is 353 g/mol. The third kappa shape index (κ3) is 4.14. The van der Waals surface area contributed by atoms with E-state index >= 15 is 0 Å². The first-order valence-electron chi connectivity index (χ1n) is 8.81. The summed E-state index contributed by atoms with van der Waals surface area (Å²) in [6, 6.07) is 16.9. The van der Waals surface area contributed by atoms with E-state index in [1.807, 2.05) is 18.2 Å². The first-order chi connectivity index (χ1) is 12.7. The molecule has 1 fully saturated rings. The van der Waals surface area contributed by atoms with E-state index in [1.165, 1.54) is 5.69 Å². The molecule has 1 saturated heterocycles. The Balaban J connectivity index is 1.61. The predicted molar refractivity (Wildman–Crippen MR) is 102 cm³/mol. The lowest BCUT2D eigenvalue weighted by atomic mass is 10.2. The summed E-state index contributed by atoms with van der Waals surface area (Å²) in [6.07, 6.45) is 0. The molecule has 0 aromatic heterocycles. The van der Waals surface area contributed by atoms with Crippen LogP contribution in [0.4, 0.5) is 16.2 Å². The Morgan fingerprint density at radius 2 is 1.62 bits per heavy atom. The summed E-state index contributed by atoms with van der Waals surface area (Å²) in [7, 11) is 0. The van der Waals surface area contributed by atoms with Gasteiger partial charge in [-0.25, -0.2) is 9.59 Å². The van der Waals surface area contributed by atoms with E-state index in [1.54, 1.807) is 36.1 Å². The molecule has 6 nitrogen and oxygen atoms in total. The van der Waals surface area contributed by atoms with Gasteiger partial charge in [-0.05, 0) is 31.2 Å². The quantitative estimate of drug-likeness (QED) is 0.858. The summed E-state index contributed by atoms with van der Waals surface area (Å²) in [6.45, 7) is 4.85. The molecule has 2 aromatic rings. The lowest BCUT2D eigenvalue weighted by Crippen LogP contribution is -2.50. The number of carbonyl (C=O) groups excluding carboxylic acids is 2. The van der Waals surface area contributed by atoms with Crippen LogP contribution in [-0.4, -0.2) is 49.7 Å². The van der Waals surface area contributed by atoms with Gasteiger partial charge in [0.2, 0.25) is 0 Å². The molecule has 0 bridgehead atoms. The second-order valence-electron chi connectivity index (χ2n) is 6.01. The Morgan fingerprint density at radius 1 is 0.962 bits per heavy atom. The number of rotatable bonds is 4. The highest BCUT2D eigenvalue weighted by atomic mass is 16.5. The third-order valence-electron chi connectivity index (χ3n) is 4.35. The number of ether oxygens (including phenoxy) is 1. The number of benzene rings is 2. The van der Waals surface area contributed by atoms with Crippen LogP contribution in [0.15, 0.2) is 54.6 Å². The van der Waals surface area contributed by atoms with Crippen LogP contribution >= 0.6 is 0 Å². The molecule has 0 radical (unpaired) electrons. The second-order valence-corrected chi connectivity index (χ2v) is 6.01. The number of para-hydroxylation sites is 2. The van der Waals surface area contributed by atoms with Crippen molar-refractivity contribution in [3.05, 3.63) is 60.2 Å². The van der Waals surface area contributed by atoms with Crippen molar-refractivity contribution in [2.24, 2.45) is 0 Å². The van der Waals surface area contributed by atoms with Gasteiger partial charge in [-0.3, -0.25) is 0 Å². The van der Waals surface area contributed by atoms with Crippen LogP contribution in [0.2, 0.25) is 0 Å². The Hall–Kier alpha value is -3.02. The summed E-state index contributed by atoms with van der Waals surface area (Å²) < 4.78 is 5.05. The number of hydrogen-bond donors (Lipinski definition) is 1.